The second-order valence-electron chi connectivity index (χ2n) is 5.90. The van der Waals surface area contributed by atoms with Gasteiger partial charge in [0.25, 0.3) is 0 Å². The standard InChI is InChI=1S/C19H21N3O2.ClH/c20-16-7-3-1-5-14(16)9-10-18(23)21-11-12-22-17-8-4-2-6-15(17)13-19(22)24;/h1-8H,9-13,20H2,(H,21,23);1H. The SMILES string of the molecule is Cl.Nc1ccccc1CCC(=O)NCCN1C(=O)Cc2ccccc21. The first kappa shape index (κ1) is 18.8. The Morgan fingerprint density at radius 1 is 1.12 bits per heavy atom. The number of benzene rings is 2. The van der Waals surface area contributed by atoms with Crippen LogP contribution in [0.2, 0.25) is 0 Å². The molecule has 25 heavy (non-hydrogen) atoms. The minimum atomic E-state index is -0.0295. The van der Waals surface area contributed by atoms with Crippen LogP contribution in [0.25, 0.3) is 0 Å². The second kappa shape index (κ2) is 8.53. The molecule has 3 rings (SSSR count). The molecule has 0 aromatic heterocycles. The maximum atomic E-state index is 12.1. The van der Waals surface area contributed by atoms with Crippen LogP contribution in [0.5, 0.6) is 0 Å². The van der Waals surface area contributed by atoms with Gasteiger partial charge in [-0.1, -0.05) is 36.4 Å². The smallest absolute Gasteiger partial charge is 0.231 e. The third kappa shape index (κ3) is 4.51. The molecule has 0 spiro atoms. The fraction of sp³-hybridized carbons (Fsp3) is 0.263. The molecule has 0 fully saturated rings. The van der Waals surface area contributed by atoms with Gasteiger partial charge in [-0.3, -0.25) is 9.59 Å². The molecular formula is C19H22ClN3O2. The van der Waals surface area contributed by atoms with Gasteiger partial charge in [0, 0.05) is 30.9 Å². The minimum Gasteiger partial charge on any atom is -0.399 e. The van der Waals surface area contributed by atoms with E-state index < -0.39 is 0 Å². The summed E-state index contributed by atoms with van der Waals surface area (Å²) in [4.78, 5) is 25.8. The molecule has 0 saturated carbocycles. The van der Waals surface area contributed by atoms with Gasteiger partial charge in [0.15, 0.2) is 0 Å². The van der Waals surface area contributed by atoms with Gasteiger partial charge in [-0.15, -0.1) is 12.4 Å². The fourth-order valence-electron chi connectivity index (χ4n) is 2.97. The van der Waals surface area contributed by atoms with Crippen molar-refractivity contribution in [2.75, 3.05) is 23.7 Å². The molecule has 0 atom stereocenters. The van der Waals surface area contributed by atoms with Crippen LogP contribution in [0.3, 0.4) is 0 Å². The van der Waals surface area contributed by atoms with E-state index in [4.69, 9.17) is 5.73 Å². The summed E-state index contributed by atoms with van der Waals surface area (Å²) < 4.78 is 0. The summed E-state index contributed by atoms with van der Waals surface area (Å²) in [6, 6.07) is 15.3. The van der Waals surface area contributed by atoms with E-state index in [0.29, 0.717) is 38.0 Å². The zero-order valence-corrected chi connectivity index (χ0v) is 14.7. The number of halogens is 1. The van der Waals surface area contributed by atoms with Crippen LogP contribution in [-0.4, -0.2) is 24.9 Å². The maximum absolute atomic E-state index is 12.1. The molecule has 1 heterocycles. The summed E-state index contributed by atoms with van der Waals surface area (Å²) in [6.45, 7) is 0.943. The molecule has 1 aliphatic rings. The lowest BCUT2D eigenvalue weighted by Crippen LogP contribution is -2.36. The van der Waals surface area contributed by atoms with E-state index in [1.807, 2.05) is 48.5 Å². The first-order valence-electron chi connectivity index (χ1n) is 8.13. The summed E-state index contributed by atoms with van der Waals surface area (Å²) in [5.41, 5.74) is 9.57. The van der Waals surface area contributed by atoms with Gasteiger partial charge in [0.1, 0.15) is 0 Å². The fourth-order valence-corrected chi connectivity index (χ4v) is 2.97. The number of nitrogens with two attached hydrogens (primary N) is 1. The lowest BCUT2D eigenvalue weighted by atomic mass is 10.1. The van der Waals surface area contributed by atoms with E-state index in [0.717, 1.165) is 16.8 Å². The van der Waals surface area contributed by atoms with Gasteiger partial charge in [-0.25, -0.2) is 0 Å². The number of nitrogen functional groups attached to an aromatic ring is 1. The predicted octanol–water partition coefficient (Wildman–Crippen LogP) is 2.33. The highest BCUT2D eigenvalue weighted by Crippen LogP contribution is 2.27. The Balaban J connectivity index is 0.00000225. The molecule has 3 N–H and O–H groups in total. The quantitative estimate of drug-likeness (QED) is 0.777. The van der Waals surface area contributed by atoms with Crippen molar-refractivity contribution in [3.8, 4) is 0 Å². The number of hydrogen-bond donors (Lipinski definition) is 2. The Morgan fingerprint density at radius 3 is 2.64 bits per heavy atom. The van der Waals surface area contributed by atoms with E-state index in [1.165, 1.54) is 0 Å². The highest BCUT2D eigenvalue weighted by atomic mass is 35.5. The number of hydrogen-bond acceptors (Lipinski definition) is 3. The molecule has 0 unspecified atom stereocenters. The number of rotatable bonds is 6. The number of nitrogens with one attached hydrogen (secondary N) is 1. The lowest BCUT2D eigenvalue weighted by molar-refractivity contribution is -0.121. The predicted molar refractivity (Wildman–Crippen MR) is 102 cm³/mol. The van der Waals surface area contributed by atoms with E-state index in [-0.39, 0.29) is 24.2 Å². The Kier molecular flexibility index (Phi) is 6.42. The van der Waals surface area contributed by atoms with Gasteiger partial charge in [-0.2, -0.15) is 0 Å². The molecule has 0 aliphatic carbocycles. The van der Waals surface area contributed by atoms with Crippen LogP contribution in [0.4, 0.5) is 11.4 Å². The second-order valence-corrected chi connectivity index (χ2v) is 5.90. The van der Waals surface area contributed by atoms with Crippen LogP contribution in [0, 0.1) is 0 Å². The molecule has 2 aromatic carbocycles. The molecule has 6 heteroatoms. The molecule has 132 valence electrons. The van der Waals surface area contributed by atoms with Crippen LogP contribution in [0.15, 0.2) is 48.5 Å². The lowest BCUT2D eigenvalue weighted by Gasteiger charge is -2.17. The average molecular weight is 360 g/mol. The summed E-state index contributed by atoms with van der Waals surface area (Å²) >= 11 is 0. The molecule has 0 radical (unpaired) electrons. The topological polar surface area (TPSA) is 75.4 Å². The normalized spacial score (nSPS) is 12.5. The molecule has 5 nitrogen and oxygen atoms in total. The molecule has 2 aromatic rings. The third-order valence-electron chi connectivity index (χ3n) is 4.26. The number of anilines is 2. The molecule has 0 saturated heterocycles. The zero-order valence-electron chi connectivity index (χ0n) is 13.9. The third-order valence-corrected chi connectivity index (χ3v) is 4.26. The molecule has 0 bridgehead atoms. The zero-order chi connectivity index (χ0) is 16.9. The number of nitrogens with zero attached hydrogens (tertiary/aromatic N) is 1. The van der Waals surface area contributed by atoms with Crippen molar-refractivity contribution in [1.82, 2.24) is 5.32 Å². The van der Waals surface area contributed by atoms with E-state index in [2.05, 4.69) is 5.32 Å². The van der Waals surface area contributed by atoms with Crippen molar-refractivity contribution in [1.29, 1.82) is 0 Å². The Hall–Kier alpha value is -2.53. The Labute approximate surface area is 153 Å². The number of carbonyl (C=O) groups is 2. The van der Waals surface area contributed by atoms with Crippen LogP contribution in [0.1, 0.15) is 17.5 Å². The van der Waals surface area contributed by atoms with Crippen molar-refractivity contribution in [3.05, 3.63) is 59.7 Å². The van der Waals surface area contributed by atoms with Gasteiger partial charge in [-0.05, 0) is 29.7 Å². The molecule has 2 amide bonds. The van der Waals surface area contributed by atoms with Gasteiger partial charge in [0.05, 0.1) is 6.42 Å². The van der Waals surface area contributed by atoms with Gasteiger partial charge < -0.3 is 16.0 Å². The van der Waals surface area contributed by atoms with Gasteiger partial charge >= 0.3 is 0 Å². The number of carbonyl (C=O) groups excluding carboxylic acids is 2. The van der Waals surface area contributed by atoms with Crippen molar-refractivity contribution >= 4 is 35.6 Å². The van der Waals surface area contributed by atoms with Crippen molar-refractivity contribution in [2.45, 2.75) is 19.3 Å². The number of fused-ring (bicyclic) bond motifs is 1. The Morgan fingerprint density at radius 2 is 1.84 bits per heavy atom. The molecular weight excluding hydrogens is 338 g/mol. The Bertz CT molecular complexity index is 764. The maximum Gasteiger partial charge on any atom is 0.231 e. The number of aryl methyl sites for hydroxylation is 1. The average Bonchev–Trinajstić information content (AvgIpc) is 2.90. The van der Waals surface area contributed by atoms with Crippen molar-refractivity contribution < 1.29 is 9.59 Å². The van der Waals surface area contributed by atoms with Crippen LogP contribution >= 0.6 is 12.4 Å². The number of para-hydroxylation sites is 2. The molecule has 1 aliphatic heterocycles. The summed E-state index contributed by atoms with van der Waals surface area (Å²) in [6.07, 6.45) is 1.44. The van der Waals surface area contributed by atoms with Gasteiger partial charge in [0.2, 0.25) is 11.8 Å². The minimum absolute atomic E-state index is 0. The van der Waals surface area contributed by atoms with Crippen molar-refractivity contribution in [2.24, 2.45) is 0 Å². The largest absolute Gasteiger partial charge is 0.399 e. The first-order chi connectivity index (χ1) is 11.6. The monoisotopic (exact) mass is 359 g/mol. The van der Waals surface area contributed by atoms with Crippen LogP contribution < -0.4 is 16.0 Å². The van der Waals surface area contributed by atoms with E-state index in [1.54, 1.807) is 4.90 Å². The summed E-state index contributed by atoms with van der Waals surface area (Å²) in [5, 5.41) is 2.88. The summed E-state index contributed by atoms with van der Waals surface area (Å²) in [5.74, 6) is 0.0562. The highest BCUT2D eigenvalue weighted by Gasteiger charge is 2.26. The van der Waals surface area contributed by atoms with E-state index in [9.17, 15) is 9.59 Å². The number of amides is 2. The van der Waals surface area contributed by atoms with Crippen LogP contribution in [-0.2, 0) is 22.4 Å². The van der Waals surface area contributed by atoms with Crippen molar-refractivity contribution in [3.63, 3.8) is 0 Å². The summed E-state index contributed by atoms with van der Waals surface area (Å²) in [7, 11) is 0. The van der Waals surface area contributed by atoms with E-state index >= 15 is 0 Å². The highest BCUT2D eigenvalue weighted by molar-refractivity contribution is 6.01. The first-order valence-corrected chi connectivity index (χ1v) is 8.13.